The molecular weight excluding hydrogens is 409 g/mol. The lowest BCUT2D eigenvalue weighted by Gasteiger charge is -2.14. The first-order valence-electron chi connectivity index (χ1n) is 9.21. The number of H-pyrrole nitrogens is 1. The van der Waals surface area contributed by atoms with Gasteiger partial charge in [0.15, 0.2) is 11.5 Å². The van der Waals surface area contributed by atoms with Gasteiger partial charge in [-0.1, -0.05) is 11.6 Å². The summed E-state index contributed by atoms with van der Waals surface area (Å²) >= 11 is 5.82. The summed E-state index contributed by atoms with van der Waals surface area (Å²) in [7, 11) is 1.56. The summed E-state index contributed by atoms with van der Waals surface area (Å²) < 4.78 is 25.6. The van der Waals surface area contributed by atoms with E-state index in [4.69, 9.17) is 21.1 Å². The largest absolute Gasteiger partial charge is 0.493 e. The molecule has 0 aliphatic rings. The number of ether oxygens (including phenoxy) is 2. The SMILES string of the molecule is COc1cc2c(Nc3ccc(Cl)cc3F)ncnc2cc1OCCc1ncc(C)[nH]1. The molecule has 0 unspecified atom stereocenters. The molecule has 2 aromatic carbocycles. The summed E-state index contributed by atoms with van der Waals surface area (Å²) in [6.07, 6.45) is 3.81. The summed E-state index contributed by atoms with van der Waals surface area (Å²) in [5.74, 6) is 1.89. The van der Waals surface area contributed by atoms with Crippen LogP contribution in [0.3, 0.4) is 0 Å². The second-order valence-corrected chi connectivity index (χ2v) is 7.04. The molecule has 0 amide bonds. The van der Waals surface area contributed by atoms with Crippen molar-refractivity contribution in [3.8, 4) is 11.5 Å². The maximum absolute atomic E-state index is 14.2. The third-order valence-electron chi connectivity index (χ3n) is 4.46. The summed E-state index contributed by atoms with van der Waals surface area (Å²) in [5, 5.41) is 3.97. The fraction of sp³-hybridized carbons (Fsp3) is 0.190. The van der Waals surface area contributed by atoms with E-state index in [1.54, 1.807) is 37.6 Å². The maximum atomic E-state index is 14.2. The smallest absolute Gasteiger partial charge is 0.163 e. The molecule has 0 saturated heterocycles. The van der Waals surface area contributed by atoms with Crippen LogP contribution < -0.4 is 14.8 Å². The Morgan fingerprint density at radius 2 is 2.00 bits per heavy atom. The predicted molar refractivity (Wildman–Crippen MR) is 113 cm³/mol. The van der Waals surface area contributed by atoms with Crippen molar-refractivity contribution in [2.24, 2.45) is 0 Å². The number of imidazole rings is 1. The van der Waals surface area contributed by atoms with Gasteiger partial charge in [-0.2, -0.15) is 0 Å². The van der Waals surface area contributed by atoms with Gasteiger partial charge in [0.05, 0.1) is 24.9 Å². The number of aryl methyl sites for hydroxylation is 1. The van der Waals surface area contributed by atoms with Gasteiger partial charge in [-0.05, 0) is 31.2 Å². The number of nitrogens with one attached hydrogen (secondary N) is 2. The van der Waals surface area contributed by atoms with Crippen molar-refractivity contribution < 1.29 is 13.9 Å². The summed E-state index contributed by atoms with van der Waals surface area (Å²) in [5.41, 5.74) is 1.89. The van der Waals surface area contributed by atoms with E-state index < -0.39 is 5.82 Å². The Bertz CT molecular complexity index is 1200. The highest BCUT2D eigenvalue weighted by Gasteiger charge is 2.13. The van der Waals surface area contributed by atoms with Crippen LogP contribution in [0.25, 0.3) is 10.9 Å². The van der Waals surface area contributed by atoms with Gasteiger partial charge < -0.3 is 19.8 Å². The number of fused-ring (bicyclic) bond motifs is 1. The molecule has 0 fully saturated rings. The van der Waals surface area contributed by atoms with E-state index in [1.807, 2.05) is 6.92 Å². The number of aromatic amines is 1. The van der Waals surface area contributed by atoms with Gasteiger partial charge in [0.1, 0.15) is 23.8 Å². The lowest BCUT2D eigenvalue weighted by molar-refractivity contribution is 0.296. The van der Waals surface area contributed by atoms with Gasteiger partial charge in [0, 0.05) is 34.8 Å². The number of hydrogen-bond acceptors (Lipinski definition) is 6. The summed E-state index contributed by atoms with van der Waals surface area (Å²) in [6, 6.07) is 7.92. The van der Waals surface area contributed by atoms with Gasteiger partial charge in [-0.15, -0.1) is 0 Å². The highest BCUT2D eigenvalue weighted by atomic mass is 35.5. The third kappa shape index (κ3) is 4.28. The minimum Gasteiger partial charge on any atom is -0.493 e. The minimum absolute atomic E-state index is 0.257. The zero-order chi connectivity index (χ0) is 21.1. The van der Waals surface area contributed by atoms with Crippen LogP contribution in [0.4, 0.5) is 15.9 Å². The third-order valence-corrected chi connectivity index (χ3v) is 4.69. The van der Waals surface area contributed by atoms with Crippen LogP contribution in [0.1, 0.15) is 11.5 Å². The van der Waals surface area contributed by atoms with E-state index in [9.17, 15) is 4.39 Å². The molecule has 4 aromatic rings. The minimum atomic E-state index is -0.477. The lowest BCUT2D eigenvalue weighted by Crippen LogP contribution is -2.05. The molecule has 0 aliphatic carbocycles. The molecule has 0 spiro atoms. The van der Waals surface area contributed by atoms with Gasteiger partial charge >= 0.3 is 0 Å². The fourth-order valence-electron chi connectivity index (χ4n) is 3.01. The quantitative estimate of drug-likeness (QED) is 0.439. The van der Waals surface area contributed by atoms with E-state index >= 15 is 0 Å². The highest BCUT2D eigenvalue weighted by Crippen LogP contribution is 2.35. The van der Waals surface area contributed by atoms with Crippen LogP contribution in [0.5, 0.6) is 11.5 Å². The first-order chi connectivity index (χ1) is 14.5. The van der Waals surface area contributed by atoms with Crippen LogP contribution in [0, 0.1) is 12.7 Å². The van der Waals surface area contributed by atoms with Crippen LogP contribution >= 0.6 is 11.6 Å². The molecule has 2 N–H and O–H groups in total. The number of hydrogen-bond donors (Lipinski definition) is 2. The molecule has 7 nitrogen and oxygen atoms in total. The van der Waals surface area contributed by atoms with Crippen molar-refractivity contribution in [2.45, 2.75) is 13.3 Å². The Labute approximate surface area is 177 Å². The molecule has 0 bridgehead atoms. The number of halogens is 2. The molecule has 0 saturated carbocycles. The van der Waals surface area contributed by atoms with Crippen LogP contribution in [0.2, 0.25) is 5.02 Å². The normalized spacial score (nSPS) is 10.9. The van der Waals surface area contributed by atoms with Crippen LogP contribution in [-0.4, -0.2) is 33.7 Å². The maximum Gasteiger partial charge on any atom is 0.163 e. The number of methoxy groups -OCH3 is 1. The number of benzene rings is 2. The van der Waals surface area contributed by atoms with Gasteiger partial charge in [-0.3, -0.25) is 0 Å². The van der Waals surface area contributed by atoms with Gasteiger partial charge in [0.25, 0.3) is 0 Å². The number of anilines is 2. The van der Waals surface area contributed by atoms with E-state index in [-0.39, 0.29) is 5.69 Å². The number of nitrogens with zero attached hydrogens (tertiary/aromatic N) is 3. The number of aromatic nitrogens is 4. The van der Waals surface area contributed by atoms with E-state index in [0.29, 0.717) is 46.3 Å². The Kier molecular flexibility index (Phi) is 5.67. The van der Waals surface area contributed by atoms with Crippen LogP contribution in [-0.2, 0) is 6.42 Å². The second-order valence-electron chi connectivity index (χ2n) is 6.60. The standard InChI is InChI=1S/C21H19ClFN5O2/c1-12-10-24-20(27-12)5-6-30-19-9-17-14(8-18(19)29-2)21(26-11-25-17)28-16-4-3-13(22)7-15(16)23/h3-4,7-11H,5-6H2,1-2H3,(H,24,27)(H,25,26,28). The Morgan fingerprint density at radius 1 is 1.13 bits per heavy atom. The van der Waals surface area contributed by atoms with Crippen molar-refractivity contribution in [1.82, 2.24) is 19.9 Å². The molecule has 4 rings (SSSR count). The van der Waals surface area contributed by atoms with Gasteiger partial charge in [0.2, 0.25) is 0 Å². The molecule has 0 radical (unpaired) electrons. The summed E-state index contributed by atoms with van der Waals surface area (Å²) in [4.78, 5) is 16.0. The zero-order valence-electron chi connectivity index (χ0n) is 16.4. The topological polar surface area (TPSA) is 84.9 Å². The Morgan fingerprint density at radius 3 is 2.73 bits per heavy atom. The Balaban J connectivity index is 1.60. The molecular formula is C21H19ClFN5O2. The van der Waals surface area contributed by atoms with Crippen molar-refractivity contribution in [1.29, 1.82) is 0 Å². The molecule has 2 aromatic heterocycles. The highest BCUT2D eigenvalue weighted by molar-refractivity contribution is 6.30. The zero-order valence-corrected chi connectivity index (χ0v) is 17.1. The fourth-order valence-corrected chi connectivity index (χ4v) is 3.16. The Hall–Kier alpha value is -3.39. The van der Waals surface area contributed by atoms with Crippen molar-refractivity contribution in [3.05, 3.63) is 65.2 Å². The molecule has 0 atom stereocenters. The molecule has 154 valence electrons. The molecule has 2 heterocycles. The average molecular weight is 428 g/mol. The van der Waals surface area contributed by atoms with E-state index in [0.717, 1.165) is 11.5 Å². The summed E-state index contributed by atoms with van der Waals surface area (Å²) in [6.45, 7) is 2.37. The molecule has 30 heavy (non-hydrogen) atoms. The monoisotopic (exact) mass is 427 g/mol. The molecule has 0 aliphatic heterocycles. The van der Waals surface area contributed by atoms with Crippen LogP contribution in [0.15, 0.2) is 42.9 Å². The van der Waals surface area contributed by atoms with Gasteiger partial charge in [-0.25, -0.2) is 19.3 Å². The predicted octanol–water partition coefficient (Wildman–Crippen LogP) is 4.83. The first kappa shape index (κ1) is 19.9. The second kappa shape index (κ2) is 8.54. The lowest BCUT2D eigenvalue weighted by atomic mass is 10.2. The first-order valence-corrected chi connectivity index (χ1v) is 9.59. The van der Waals surface area contributed by atoms with E-state index in [2.05, 4.69) is 25.3 Å². The van der Waals surface area contributed by atoms with E-state index in [1.165, 1.54) is 12.4 Å². The van der Waals surface area contributed by atoms with Crippen molar-refractivity contribution >= 4 is 34.0 Å². The molecule has 9 heteroatoms. The number of rotatable bonds is 7. The average Bonchev–Trinajstić information content (AvgIpc) is 3.14. The van der Waals surface area contributed by atoms with Crippen molar-refractivity contribution in [3.63, 3.8) is 0 Å². The van der Waals surface area contributed by atoms with Crippen molar-refractivity contribution in [2.75, 3.05) is 19.0 Å².